The largest absolute Gasteiger partial charge is 0.383 e. The lowest BCUT2D eigenvalue weighted by atomic mass is 9.84. The van der Waals surface area contributed by atoms with Gasteiger partial charge in [0.15, 0.2) is 11.6 Å². The van der Waals surface area contributed by atoms with Crippen molar-refractivity contribution in [3.63, 3.8) is 0 Å². The molecule has 0 radical (unpaired) electrons. The quantitative estimate of drug-likeness (QED) is 0.918. The number of fused-ring (bicyclic) bond motifs is 1. The monoisotopic (exact) mass is 278 g/mol. The molecule has 0 aliphatic heterocycles. The van der Waals surface area contributed by atoms with Crippen molar-refractivity contribution in [2.45, 2.75) is 13.0 Å². The Morgan fingerprint density at radius 2 is 1.52 bits per heavy atom. The van der Waals surface area contributed by atoms with E-state index in [1.54, 1.807) is 36.4 Å². The Morgan fingerprint density at radius 3 is 2.24 bits per heavy atom. The maximum Gasteiger partial charge on any atom is 0.192 e. The zero-order valence-electron chi connectivity index (χ0n) is 11.5. The van der Waals surface area contributed by atoms with Gasteiger partial charge < -0.3 is 5.11 Å². The van der Waals surface area contributed by atoms with E-state index in [1.807, 2.05) is 19.1 Å². The third-order valence-corrected chi connectivity index (χ3v) is 3.76. The standard InChI is InChI=1S/C18H14O3/c1-11-6-2-3-7-12(11)17(20)15-10-16(19)13-8-4-5-9-14(13)18(15)21/h2-10,17,20H,1H3. The van der Waals surface area contributed by atoms with Gasteiger partial charge >= 0.3 is 0 Å². The Bertz CT molecular complexity index is 772. The van der Waals surface area contributed by atoms with Crippen LogP contribution in [0, 0.1) is 6.92 Å². The summed E-state index contributed by atoms with van der Waals surface area (Å²) in [7, 11) is 0. The second-order valence-corrected chi connectivity index (χ2v) is 5.10. The fourth-order valence-electron chi connectivity index (χ4n) is 2.60. The van der Waals surface area contributed by atoms with E-state index < -0.39 is 6.10 Å². The Kier molecular flexibility index (Phi) is 3.28. The third-order valence-electron chi connectivity index (χ3n) is 3.76. The number of aliphatic hydroxyl groups is 1. The van der Waals surface area contributed by atoms with Crippen LogP contribution in [-0.4, -0.2) is 16.7 Å². The van der Waals surface area contributed by atoms with Crippen LogP contribution in [0.25, 0.3) is 0 Å². The number of ketones is 2. The van der Waals surface area contributed by atoms with Gasteiger partial charge in [-0.1, -0.05) is 48.5 Å². The number of benzene rings is 2. The van der Waals surface area contributed by atoms with Crippen molar-refractivity contribution in [2.75, 3.05) is 0 Å². The normalized spacial score (nSPS) is 15.4. The average Bonchev–Trinajstić information content (AvgIpc) is 2.51. The van der Waals surface area contributed by atoms with Gasteiger partial charge in [-0.05, 0) is 24.1 Å². The van der Waals surface area contributed by atoms with Crippen molar-refractivity contribution >= 4 is 11.6 Å². The lowest BCUT2D eigenvalue weighted by Crippen LogP contribution is -2.21. The molecule has 1 aliphatic carbocycles. The number of carbonyl (C=O) groups excluding carboxylic acids is 2. The van der Waals surface area contributed by atoms with E-state index in [9.17, 15) is 14.7 Å². The first-order valence-electron chi connectivity index (χ1n) is 6.73. The summed E-state index contributed by atoms with van der Waals surface area (Å²) >= 11 is 0. The number of aliphatic hydroxyl groups excluding tert-OH is 1. The first kappa shape index (κ1) is 13.5. The fourth-order valence-corrected chi connectivity index (χ4v) is 2.60. The molecule has 0 fully saturated rings. The van der Waals surface area contributed by atoms with E-state index in [0.29, 0.717) is 16.7 Å². The van der Waals surface area contributed by atoms with Gasteiger partial charge in [0.2, 0.25) is 0 Å². The maximum absolute atomic E-state index is 12.5. The number of allylic oxidation sites excluding steroid dienone is 1. The summed E-state index contributed by atoms with van der Waals surface area (Å²) in [6.45, 7) is 1.86. The number of hydrogen-bond acceptors (Lipinski definition) is 3. The highest BCUT2D eigenvalue weighted by Gasteiger charge is 2.30. The minimum absolute atomic E-state index is 0.132. The minimum atomic E-state index is -1.09. The second kappa shape index (κ2) is 5.11. The van der Waals surface area contributed by atoms with Crippen LogP contribution in [0.15, 0.2) is 60.2 Å². The summed E-state index contributed by atoms with van der Waals surface area (Å²) in [5, 5.41) is 10.5. The molecule has 21 heavy (non-hydrogen) atoms. The van der Waals surface area contributed by atoms with Gasteiger partial charge in [0, 0.05) is 16.7 Å². The number of Topliss-reactive ketones (excluding diaryl/α,β-unsaturated/α-hetero) is 1. The molecule has 1 unspecified atom stereocenters. The first-order chi connectivity index (χ1) is 10.1. The van der Waals surface area contributed by atoms with E-state index in [1.165, 1.54) is 6.08 Å². The Labute approximate surface area is 122 Å². The van der Waals surface area contributed by atoms with E-state index in [-0.39, 0.29) is 17.1 Å². The molecule has 0 heterocycles. The van der Waals surface area contributed by atoms with Gasteiger partial charge in [-0.15, -0.1) is 0 Å². The molecule has 0 spiro atoms. The SMILES string of the molecule is Cc1ccccc1C(O)C1=CC(=O)c2ccccc2C1=O. The zero-order chi connectivity index (χ0) is 15.0. The average molecular weight is 278 g/mol. The van der Waals surface area contributed by atoms with E-state index in [2.05, 4.69) is 0 Å². The molecule has 2 aromatic carbocycles. The van der Waals surface area contributed by atoms with Crippen molar-refractivity contribution in [2.24, 2.45) is 0 Å². The van der Waals surface area contributed by atoms with Gasteiger partial charge in [-0.2, -0.15) is 0 Å². The van der Waals surface area contributed by atoms with Crippen LogP contribution in [0.3, 0.4) is 0 Å². The van der Waals surface area contributed by atoms with Gasteiger partial charge in [-0.3, -0.25) is 9.59 Å². The van der Waals surface area contributed by atoms with E-state index in [0.717, 1.165) is 5.56 Å². The Morgan fingerprint density at radius 1 is 0.905 bits per heavy atom. The molecule has 0 amide bonds. The molecule has 3 rings (SSSR count). The van der Waals surface area contributed by atoms with Crippen LogP contribution in [0.2, 0.25) is 0 Å². The zero-order valence-corrected chi connectivity index (χ0v) is 11.5. The van der Waals surface area contributed by atoms with Gasteiger partial charge in [0.1, 0.15) is 6.10 Å². The van der Waals surface area contributed by atoms with E-state index in [4.69, 9.17) is 0 Å². The maximum atomic E-state index is 12.5. The fraction of sp³-hybridized carbons (Fsp3) is 0.111. The molecule has 3 nitrogen and oxygen atoms in total. The van der Waals surface area contributed by atoms with Crippen LogP contribution in [0.5, 0.6) is 0 Å². The van der Waals surface area contributed by atoms with Crippen LogP contribution in [-0.2, 0) is 0 Å². The molecule has 1 atom stereocenters. The summed E-state index contributed by atoms with van der Waals surface area (Å²) in [5.41, 5.74) is 2.40. The topological polar surface area (TPSA) is 54.4 Å². The van der Waals surface area contributed by atoms with Crippen molar-refractivity contribution in [1.29, 1.82) is 0 Å². The molecule has 0 bridgehead atoms. The van der Waals surface area contributed by atoms with Crippen LogP contribution in [0.4, 0.5) is 0 Å². The Hall–Kier alpha value is -2.52. The van der Waals surface area contributed by atoms with Gasteiger partial charge in [0.25, 0.3) is 0 Å². The smallest absolute Gasteiger partial charge is 0.192 e. The number of aryl methyl sites for hydroxylation is 1. The molecule has 1 N–H and O–H groups in total. The molecule has 0 saturated carbocycles. The van der Waals surface area contributed by atoms with Crippen LogP contribution < -0.4 is 0 Å². The molecular weight excluding hydrogens is 264 g/mol. The first-order valence-corrected chi connectivity index (χ1v) is 6.73. The molecule has 0 saturated heterocycles. The molecule has 1 aliphatic rings. The summed E-state index contributed by atoms with van der Waals surface area (Å²) in [4.78, 5) is 24.6. The van der Waals surface area contributed by atoms with Crippen LogP contribution in [0.1, 0.15) is 37.9 Å². The molecule has 2 aromatic rings. The highest BCUT2D eigenvalue weighted by Crippen LogP contribution is 2.31. The highest BCUT2D eigenvalue weighted by molar-refractivity contribution is 6.24. The number of carbonyl (C=O) groups is 2. The third kappa shape index (κ3) is 2.22. The second-order valence-electron chi connectivity index (χ2n) is 5.10. The van der Waals surface area contributed by atoms with Crippen molar-refractivity contribution in [3.8, 4) is 0 Å². The van der Waals surface area contributed by atoms with Crippen LogP contribution >= 0.6 is 0 Å². The molecule has 3 heteroatoms. The number of rotatable bonds is 2. The highest BCUT2D eigenvalue weighted by atomic mass is 16.3. The lowest BCUT2D eigenvalue weighted by Gasteiger charge is -2.20. The summed E-state index contributed by atoms with van der Waals surface area (Å²) in [6.07, 6.45) is 0.165. The van der Waals surface area contributed by atoms with Crippen molar-refractivity contribution in [1.82, 2.24) is 0 Å². The van der Waals surface area contributed by atoms with Crippen molar-refractivity contribution < 1.29 is 14.7 Å². The summed E-state index contributed by atoms with van der Waals surface area (Å²) in [5.74, 6) is -0.534. The predicted octanol–water partition coefficient (Wildman–Crippen LogP) is 3.03. The lowest BCUT2D eigenvalue weighted by molar-refractivity contribution is 0.0946. The number of hydrogen-bond donors (Lipinski definition) is 1. The molecular formula is C18H14O3. The van der Waals surface area contributed by atoms with Crippen molar-refractivity contribution in [3.05, 3.63) is 82.4 Å². The van der Waals surface area contributed by atoms with Gasteiger partial charge in [-0.25, -0.2) is 0 Å². The molecule has 104 valence electrons. The minimum Gasteiger partial charge on any atom is -0.383 e. The Balaban J connectivity index is 2.07. The predicted molar refractivity (Wildman–Crippen MR) is 79.3 cm³/mol. The van der Waals surface area contributed by atoms with Gasteiger partial charge in [0.05, 0.1) is 0 Å². The summed E-state index contributed by atoms with van der Waals surface area (Å²) in [6, 6.07) is 14.0. The van der Waals surface area contributed by atoms with E-state index >= 15 is 0 Å². The molecule has 0 aromatic heterocycles. The summed E-state index contributed by atoms with van der Waals surface area (Å²) < 4.78 is 0.